The summed E-state index contributed by atoms with van der Waals surface area (Å²) in [5, 5.41) is 0. The summed E-state index contributed by atoms with van der Waals surface area (Å²) in [4.78, 5) is 12.9. The topological polar surface area (TPSA) is 69.1 Å². The molecule has 0 radical (unpaired) electrons. The number of hydrogen-bond acceptors (Lipinski definition) is 3. The van der Waals surface area contributed by atoms with Gasteiger partial charge in [0.15, 0.2) is 5.78 Å². The fourth-order valence-corrected chi connectivity index (χ4v) is 2.86. The number of benzene rings is 2. The lowest BCUT2D eigenvalue weighted by molar-refractivity contribution is 0.103. The summed E-state index contributed by atoms with van der Waals surface area (Å²) in [5.41, 5.74) is 16.7. The summed E-state index contributed by atoms with van der Waals surface area (Å²) in [6.45, 7) is 12.5. The fraction of sp³-hybridized carbons (Fsp3) is 0.381. The van der Waals surface area contributed by atoms with Crippen molar-refractivity contribution in [2.24, 2.45) is 0 Å². The Balaban J connectivity index is 2.51. The van der Waals surface area contributed by atoms with E-state index in [-0.39, 0.29) is 16.6 Å². The molecular formula is C21H28N2O. The average Bonchev–Trinajstić information content (AvgIpc) is 2.45. The molecule has 0 fully saturated rings. The number of ketones is 1. The average molecular weight is 324 g/mol. The molecule has 0 spiro atoms. The van der Waals surface area contributed by atoms with Gasteiger partial charge in [0, 0.05) is 22.5 Å². The Labute approximate surface area is 145 Å². The van der Waals surface area contributed by atoms with Gasteiger partial charge in [-0.25, -0.2) is 0 Å². The van der Waals surface area contributed by atoms with Crippen molar-refractivity contribution < 1.29 is 4.79 Å². The van der Waals surface area contributed by atoms with Crippen LogP contribution in [0.5, 0.6) is 0 Å². The van der Waals surface area contributed by atoms with E-state index in [2.05, 4.69) is 41.5 Å². The van der Waals surface area contributed by atoms with Gasteiger partial charge in [-0.1, -0.05) is 41.5 Å². The summed E-state index contributed by atoms with van der Waals surface area (Å²) < 4.78 is 0. The summed E-state index contributed by atoms with van der Waals surface area (Å²) >= 11 is 0. The highest BCUT2D eigenvalue weighted by Gasteiger charge is 2.22. The van der Waals surface area contributed by atoms with E-state index in [1.807, 2.05) is 24.3 Å². The predicted molar refractivity (Wildman–Crippen MR) is 103 cm³/mol. The van der Waals surface area contributed by atoms with E-state index >= 15 is 0 Å². The molecule has 4 N–H and O–H groups in total. The van der Waals surface area contributed by atoms with Crippen LogP contribution in [-0.2, 0) is 10.8 Å². The van der Waals surface area contributed by atoms with Crippen LogP contribution in [0.1, 0.15) is 68.6 Å². The Hall–Kier alpha value is -2.29. The Bertz CT molecular complexity index is 712. The molecule has 24 heavy (non-hydrogen) atoms. The zero-order valence-corrected chi connectivity index (χ0v) is 15.5. The van der Waals surface area contributed by atoms with Crippen LogP contribution < -0.4 is 11.5 Å². The van der Waals surface area contributed by atoms with Crippen LogP contribution in [-0.4, -0.2) is 5.78 Å². The van der Waals surface area contributed by atoms with Gasteiger partial charge in [-0.15, -0.1) is 0 Å². The second-order valence-corrected chi connectivity index (χ2v) is 8.43. The molecule has 2 rings (SSSR count). The van der Waals surface area contributed by atoms with Gasteiger partial charge in [0.1, 0.15) is 0 Å². The van der Waals surface area contributed by atoms with Crippen molar-refractivity contribution >= 4 is 17.2 Å². The van der Waals surface area contributed by atoms with E-state index in [0.717, 1.165) is 11.1 Å². The molecule has 128 valence electrons. The first-order chi connectivity index (χ1) is 10.9. The third-order valence-corrected chi connectivity index (χ3v) is 4.25. The number of nitrogen functional groups attached to an aromatic ring is 2. The summed E-state index contributed by atoms with van der Waals surface area (Å²) in [6.07, 6.45) is 0. The second kappa shape index (κ2) is 5.97. The molecule has 0 heterocycles. The van der Waals surface area contributed by atoms with Crippen LogP contribution in [0.2, 0.25) is 0 Å². The largest absolute Gasteiger partial charge is 0.398 e. The van der Waals surface area contributed by atoms with Crippen LogP contribution in [0.3, 0.4) is 0 Å². The number of carbonyl (C=O) groups is 1. The number of rotatable bonds is 2. The van der Waals surface area contributed by atoms with Crippen molar-refractivity contribution in [3.8, 4) is 0 Å². The van der Waals surface area contributed by atoms with E-state index in [4.69, 9.17) is 11.5 Å². The maximum Gasteiger partial charge on any atom is 0.193 e. The first kappa shape index (κ1) is 18.1. The van der Waals surface area contributed by atoms with E-state index < -0.39 is 0 Å². The molecule has 0 aliphatic carbocycles. The van der Waals surface area contributed by atoms with E-state index in [0.29, 0.717) is 22.5 Å². The highest BCUT2D eigenvalue weighted by Crippen LogP contribution is 2.31. The second-order valence-electron chi connectivity index (χ2n) is 8.43. The molecule has 0 saturated heterocycles. The Morgan fingerprint density at radius 1 is 0.708 bits per heavy atom. The Morgan fingerprint density at radius 3 is 1.33 bits per heavy atom. The summed E-state index contributed by atoms with van der Waals surface area (Å²) in [7, 11) is 0. The fourth-order valence-electron chi connectivity index (χ4n) is 2.86. The number of anilines is 2. The zero-order valence-electron chi connectivity index (χ0n) is 15.5. The molecule has 0 unspecified atom stereocenters. The van der Waals surface area contributed by atoms with Gasteiger partial charge in [0.25, 0.3) is 0 Å². The maximum absolute atomic E-state index is 12.9. The SMILES string of the molecule is CC(C)(C)c1cc(C(=O)c2ccc(N)c(C(C)(C)C)c2)ccc1N. The predicted octanol–water partition coefficient (Wildman–Crippen LogP) is 4.68. The smallest absolute Gasteiger partial charge is 0.193 e. The first-order valence-electron chi connectivity index (χ1n) is 8.26. The number of carbonyl (C=O) groups excluding carboxylic acids is 1. The van der Waals surface area contributed by atoms with Gasteiger partial charge < -0.3 is 11.5 Å². The minimum atomic E-state index is -0.113. The Kier molecular flexibility index (Phi) is 4.49. The quantitative estimate of drug-likeness (QED) is 0.622. The third kappa shape index (κ3) is 3.61. The molecule has 2 aromatic rings. The molecular weight excluding hydrogens is 296 g/mol. The van der Waals surface area contributed by atoms with Crippen LogP contribution in [0.25, 0.3) is 0 Å². The lowest BCUT2D eigenvalue weighted by atomic mass is 9.82. The zero-order chi connectivity index (χ0) is 18.3. The van der Waals surface area contributed by atoms with Crippen LogP contribution in [0.4, 0.5) is 11.4 Å². The molecule has 0 saturated carbocycles. The van der Waals surface area contributed by atoms with Gasteiger partial charge in [0.05, 0.1) is 0 Å². The van der Waals surface area contributed by atoms with Gasteiger partial charge >= 0.3 is 0 Å². The standard InChI is InChI=1S/C21H28N2O/c1-20(2,3)15-11-13(7-9-17(15)22)19(24)14-8-10-18(23)16(12-14)21(4,5)6/h7-12H,22-23H2,1-6H3. The normalized spacial score (nSPS) is 12.2. The molecule has 3 nitrogen and oxygen atoms in total. The van der Waals surface area contributed by atoms with Crippen LogP contribution in [0.15, 0.2) is 36.4 Å². The lowest BCUT2D eigenvalue weighted by Crippen LogP contribution is -2.17. The Morgan fingerprint density at radius 2 is 1.04 bits per heavy atom. The molecule has 0 amide bonds. The highest BCUT2D eigenvalue weighted by molar-refractivity contribution is 6.09. The van der Waals surface area contributed by atoms with Crippen molar-refractivity contribution in [1.29, 1.82) is 0 Å². The van der Waals surface area contributed by atoms with Crippen molar-refractivity contribution in [3.63, 3.8) is 0 Å². The lowest BCUT2D eigenvalue weighted by Gasteiger charge is -2.23. The molecule has 2 aromatic carbocycles. The number of nitrogens with two attached hydrogens (primary N) is 2. The maximum atomic E-state index is 12.9. The molecule has 0 atom stereocenters. The molecule has 0 bridgehead atoms. The minimum Gasteiger partial charge on any atom is -0.398 e. The van der Waals surface area contributed by atoms with E-state index in [1.165, 1.54) is 0 Å². The van der Waals surface area contributed by atoms with Crippen molar-refractivity contribution in [2.75, 3.05) is 11.5 Å². The summed E-state index contributed by atoms with van der Waals surface area (Å²) in [6, 6.07) is 11.0. The van der Waals surface area contributed by atoms with Crippen LogP contribution in [0, 0.1) is 0 Å². The first-order valence-corrected chi connectivity index (χ1v) is 8.26. The van der Waals surface area contributed by atoms with Gasteiger partial charge in [-0.05, 0) is 58.4 Å². The van der Waals surface area contributed by atoms with Gasteiger partial charge in [-0.3, -0.25) is 4.79 Å². The van der Waals surface area contributed by atoms with E-state index in [9.17, 15) is 4.79 Å². The van der Waals surface area contributed by atoms with Crippen LogP contribution >= 0.6 is 0 Å². The van der Waals surface area contributed by atoms with Gasteiger partial charge in [-0.2, -0.15) is 0 Å². The molecule has 3 heteroatoms. The number of hydrogen-bond donors (Lipinski definition) is 2. The van der Waals surface area contributed by atoms with E-state index in [1.54, 1.807) is 12.1 Å². The summed E-state index contributed by atoms with van der Waals surface area (Å²) in [5.74, 6) is -0.00833. The minimum absolute atomic E-state index is 0.00833. The van der Waals surface area contributed by atoms with Crippen molar-refractivity contribution in [1.82, 2.24) is 0 Å². The molecule has 0 aliphatic heterocycles. The highest BCUT2D eigenvalue weighted by atomic mass is 16.1. The van der Waals surface area contributed by atoms with Crippen molar-refractivity contribution in [2.45, 2.75) is 52.4 Å². The van der Waals surface area contributed by atoms with Gasteiger partial charge in [0.2, 0.25) is 0 Å². The monoisotopic (exact) mass is 324 g/mol. The third-order valence-electron chi connectivity index (χ3n) is 4.25. The molecule has 0 aliphatic rings. The molecule has 0 aromatic heterocycles. The van der Waals surface area contributed by atoms with Crippen molar-refractivity contribution in [3.05, 3.63) is 58.7 Å².